The number of benzene rings is 3. The van der Waals surface area contributed by atoms with E-state index < -0.39 is 0 Å². The molecule has 0 radical (unpaired) electrons. The number of hydrogen-bond acceptors (Lipinski definition) is 4. The highest BCUT2D eigenvalue weighted by Gasteiger charge is 2.14. The van der Waals surface area contributed by atoms with Crippen molar-refractivity contribution in [3.05, 3.63) is 94.3 Å². The van der Waals surface area contributed by atoms with Crippen LogP contribution in [0, 0.1) is 0 Å². The van der Waals surface area contributed by atoms with Gasteiger partial charge in [0.25, 0.3) is 0 Å². The van der Waals surface area contributed by atoms with Crippen LogP contribution in [-0.2, 0) is 0 Å². The van der Waals surface area contributed by atoms with Crippen molar-refractivity contribution in [1.29, 1.82) is 0 Å². The fourth-order valence-electron chi connectivity index (χ4n) is 3.00. The third-order valence-corrected chi connectivity index (χ3v) is 4.35. The summed E-state index contributed by atoms with van der Waals surface area (Å²) in [6, 6.07) is 21.1. The van der Waals surface area contributed by atoms with Crippen molar-refractivity contribution in [3.63, 3.8) is 0 Å². The monoisotopic (exact) mass is 356 g/mol. The molecule has 4 aromatic rings. The van der Waals surface area contributed by atoms with Crippen molar-refractivity contribution < 1.29 is 14.6 Å². The largest absolute Gasteiger partial charge is 0.504 e. The number of fused-ring (bicyclic) bond motifs is 1. The van der Waals surface area contributed by atoms with Crippen molar-refractivity contribution in [2.24, 2.45) is 0 Å². The topological polar surface area (TPSA) is 70.7 Å². The number of phenolic OH excluding ortho intramolecular Hbond substituents is 2. The Bertz CT molecular complexity index is 1200. The maximum atomic E-state index is 13.1. The minimum absolute atomic E-state index is 0.122. The van der Waals surface area contributed by atoms with Gasteiger partial charge in [-0.15, -0.1) is 0 Å². The summed E-state index contributed by atoms with van der Waals surface area (Å²) in [6.45, 7) is 0. The van der Waals surface area contributed by atoms with Crippen LogP contribution in [0.25, 0.3) is 34.2 Å². The van der Waals surface area contributed by atoms with E-state index in [9.17, 15) is 15.0 Å². The third kappa shape index (κ3) is 3.09. The Kier molecular flexibility index (Phi) is 4.22. The fourth-order valence-corrected chi connectivity index (χ4v) is 3.00. The molecular formula is C23H16O4. The average Bonchev–Trinajstić information content (AvgIpc) is 2.70. The number of aromatic hydroxyl groups is 2. The van der Waals surface area contributed by atoms with Crippen LogP contribution in [0.1, 0.15) is 11.3 Å². The molecule has 4 nitrogen and oxygen atoms in total. The molecule has 0 aliphatic rings. The van der Waals surface area contributed by atoms with Crippen LogP contribution in [0.5, 0.6) is 11.5 Å². The van der Waals surface area contributed by atoms with Crippen molar-refractivity contribution >= 4 is 23.1 Å². The van der Waals surface area contributed by atoms with Crippen LogP contribution in [-0.4, -0.2) is 10.2 Å². The van der Waals surface area contributed by atoms with Gasteiger partial charge in [-0.05, 0) is 35.9 Å². The first-order valence-electron chi connectivity index (χ1n) is 8.45. The zero-order chi connectivity index (χ0) is 18.8. The SMILES string of the molecule is O=c1c(-c2ccccc2)c(/C=C/c2cccc(O)c2O)oc2ccccc12. The molecule has 27 heavy (non-hydrogen) atoms. The minimum Gasteiger partial charge on any atom is -0.504 e. The molecule has 132 valence electrons. The summed E-state index contributed by atoms with van der Waals surface area (Å²) >= 11 is 0. The lowest BCUT2D eigenvalue weighted by molar-refractivity contribution is 0.403. The fraction of sp³-hybridized carbons (Fsp3) is 0. The standard InChI is InChI=1S/C23H16O4/c24-18-11-6-9-16(22(18)25)13-14-20-21(15-7-2-1-3-8-15)23(26)17-10-4-5-12-19(17)27-20/h1-14,24-25H/b14-13+. The molecule has 3 aromatic carbocycles. The summed E-state index contributed by atoms with van der Waals surface area (Å²) in [5, 5.41) is 20.2. The molecule has 0 saturated heterocycles. The Labute approximate surface area is 155 Å². The predicted molar refractivity (Wildman–Crippen MR) is 107 cm³/mol. The lowest BCUT2D eigenvalue weighted by Crippen LogP contribution is -2.07. The van der Waals surface area contributed by atoms with E-state index in [4.69, 9.17) is 4.42 Å². The Morgan fingerprint density at radius 3 is 2.33 bits per heavy atom. The highest BCUT2D eigenvalue weighted by atomic mass is 16.3. The molecule has 0 atom stereocenters. The van der Waals surface area contributed by atoms with E-state index in [1.807, 2.05) is 36.4 Å². The van der Waals surface area contributed by atoms with E-state index in [-0.39, 0.29) is 16.9 Å². The van der Waals surface area contributed by atoms with E-state index in [0.717, 1.165) is 5.56 Å². The van der Waals surface area contributed by atoms with Gasteiger partial charge in [0.1, 0.15) is 11.3 Å². The molecule has 1 aromatic heterocycles. The summed E-state index contributed by atoms with van der Waals surface area (Å²) in [4.78, 5) is 13.1. The van der Waals surface area contributed by atoms with E-state index in [0.29, 0.717) is 27.9 Å². The van der Waals surface area contributed by atoms with E-state index in [1.165, 1.54) is 6.07 Å². The van der Waals surface area contributed by atoms with Crippen LogP contribution in [0.4, 0.5) is 0 Å². The molecule has 0 aliphatic heterocycles. The maximum absolute atomic E-state index is 13.1. The van der Waals surface area contributed by atoms with E-state index >= 15 is 0 Å². The number of para-hydroxylation sites is 2. The second-order valence-electron chi connectivity index (χ2n) is 6.08. The molecule has 0 spiro atoms. The molecule has 0 fully saturated rings. The second kappa shape index (κ2) is 6.84. The number of phenols is 2. The van der Waals surface area contributed by atoms with Crippen LogP contribution >= 0.6 is 0 Å². The molecule has 0 bridgehead atoms. The van der Waals surface area contributed by atoms with Gasteiger partial charge in [-0.25, -0.2) is 0 Å². The Balaban J connectivity index is 1.95. The smallest absolute Gasteiger partial charge is 0.201 e. The third-order valence-electron chi connectivity index (χ3n) is 4.35. The van der Waals surface area contributed by atoms with Crippen LogP contribution < -0.4 is 5.43 Å². The summed E-state index contributed by atoms with van der Waals surface area (Å²) in [7, 11) is 0. The first kappa shape index (κ1) is 16.7. The molecule has 4 rings (SSSR count). The van der Waals surface area contributed by atoms with Crippen molar-refractivity contribution in [1.82, 2.24) is 0 Å². The highest BCUT2D eigenvalue weighted by molar-refractivity contribution is 5.87. The Morgan fingerprint density at radius 1 is 0.778 bits per heavy atom. The van der Waals surface area contributed by atoms with Gasteiger partial charge in [0, 0.05) is 5.56 Å². The molecule has 0 saturated carbocycles. The van der Waals surface area contributed by atoms with Crippen molar-refractivity contribution in [3.8, 4) is 22.6 Å². The average molecular weight is 356 g/mol. The minimum atomic E-state index is -0.224. The van der Waals surface area contributed by atoms with Crippen molar-refractivity contribution in [2.75, 3.05) is 0 Å². The van der Waals surface area contributed by atoms with Gasteiger partial charge in [0.05, 0.1) is 10.9 Å². The van der Waals surface area contributed by atoms with Gasteiger partial charge < -0.3 is 14.6 Å². The molecule has 4 heteroatoms. The predicted octanol–water partition coefficient (Wildman–Crippen LogP) is 5.04. The Morgan fingerprint density at radius 2 is 1.52 bits per heavy atom. The molecular weight excluding hydrogens is 340 g/mol. The normalized spacial score (nSPS) is 11.3. The molecule has 2 N–H and O–H groups in total. The summed E-state index contributed by atoms with van der Waals surface area (Å²) in [5.41, 5.74) is 1.98. The lowest BCUT2D eigenvalue weighted by atomic mass is 10.0. The van der Waals surface area contributed by atoms with Gasteiger partial charge in [-0.2, -0.15) is 0 Å². The molecule has 1 heterocycles. The van der Waals surface area contributed by atoms with Gasteiger partial charge in [-0.3, -0.25) is 4.79 Å². The van der Waals surface area contributed by atoms with Crippen LogP contribution in [0.2, 0.25) is 0 Å². The molecule has 0 aliphatic carbocycles. The van der Waals surface area contributed by atoms with Gasteiger partial charge in [0.2, 0.25) is 5.43 Å². The number of rotatable bonds is 3. The van der Waals surface area contributed by atoms with Gasteiger partial charge in [-0.1, -0.05) is 54.6 Å². The summed E-state index contributed by atoms with van der Waals surface area (Å²) in [6.07, 6.45) is 3.24. The zero-order valence-corrected chi connectivity index (χ0v) is 14.3. The summed E-state index contributed by atoms with van der Waals surface area (Å²) in [5.74, 6) is -0.0498. The van der Waals surface area contributed by atoms with Gasteiger partial charge >= 0.3 is 0 Å². The lowest BCUT2D eigenvalue weighted by Gasteiger charge is -2.08. The van der Waals surface area contributed by atoms with E-state index in [1.54, 1.807) is 42.5 Å². The summed E-state index contributed by atoms with van der Waals surface area (Å²) < 4.78 is 5.99. The number of hydrogen-bond donors (Lipinski definition) is 2. The highest BCUT2D eigenvalue weighted by Crippen LogP contribution is 2.31. The van der Waals surface area contributed by atoms with Gasteiger partial charge in [0.15, 0.2) is 11.5 Å². The first-order valence-corrected chi connectivity index (χ1v) is 8.45. The zero-order valence-electron chi connectivity index (χ0n) is 14.3. The van der Waals surface area contributed by atoms with Crippen molar-refractivity contribution in [2.45, 2.75) is 0 Å². The van der Waals surface area contributed by atoms with E-state index in [2.05, 4.69) is 0 Å². The Hall–Kier alpha value is -3.79. The second-order valence-corrected chi connectivity index (χ2v) is 6.08. The quantitative estimate of drug-likeness (QED) is 0.504. The van der Waals surface area contributed by atoms with Crippen LogP contribution in [0.15, 0.2) is 82.0 Å². The molecule has 0 amide bonds. The van der Waals surface area contributed by atoms with Crippen LogP contribution in [0.3, 0.4) is 0 Å². The maximum Gasteiger partial charge on any atom is 0.201 e. The first-order chi connectivity index (χ1) is 13.1. The molecule has 0 unspecified atom stereocenters.